The normalized spacial score (nSPS) is 10.3. The molecular weight excluding hydrogens is 318 g/mol. The summed E-state index contributed by atoms with van der Waals surface area (Å²) in [5.41, 5.74) is 0.588. The number of ether oxygens (including phenoxy) is 1. The van der Waals surface area contributed by atoms with Crippen molar-refractivity contribution in [1.29, 1.82) is 0 Å². The molecule has 0 amide bonds. The highest BCUT2D eigenvalue weighted by molar-refractivity contribution is 7.45. The number of methoxy groups -OCH3 is 1. The van der Waals surface area contributed by atoms with Crippen LogP contribution in [0.5, 0.6) is 5.75 Å². The minimum Gasteiger partial charge on any atom is -0.496 e. The van der Waals surface area contributed by atoms with Gasteiger partial charge in [0.2, 0.25) is 0 Å². The van der Waals surface area contributed by atoms with Gasteiger partial charge < -0.3 is 34.1 Å². The summed E-state index contributed by atoms with van der Waals surface area (Å²) in [6.07, 6.45) is 0.777. The van der Waals surface area contributed by atoms with Gasteiger partial charge in [-0.1, -0.05) is 12.1 Å². The van der Waals surface area contributed by atoms with Crippen LogP contribution in [0.4, 0.5) is 0 Å². The first-order valence-corrected chi connectivity index (χ1v) is 7.66. The second-order valence-electron chi connectivity index (χ2n) is 2.89. The van der Waals surface area contributed by atoms with Crippen LogP contribution in [0.2, 0.25) is 0 Å². The van der Waals surface area contributed by atoms with E-state index >= 15 is 0 Å². The predicted octanol–water partition coefficient (Wildman–Crippen LogP) is -0.350. The van der Waals surface area contributed by atoms with E-state index in [4.69, 9.17) is 43.2 Å². The van der Waals surface area contributed by atoms with Crippen molar-refractivity contribution in [2.24, 2.45) is 0 Å². The molecule has 0 fully saturated rings. The molecule has 0 atom stereocenters. The van der Waals surface area contributed by atoms with Gasteiger partial charge in [0, 0.05) is 0 Å². The van der Waals surface area contributed by atoms with Crippen LogP contribution >= 0.6 is 15.6 Å². The summed E-state index contributed by atoms with van der Waals surface area (Å²) in [6.45, 7) is 0. The van der Waals surface area contributed by atoms with Crippen molar-refractivity contribution in [3.8, 4) is 5.75 Å². The van der Waals surface area contributed by atoms with E-state index in [1.54, 1.807) is 25.3 Å². The molecule has 10 nitrogen and oxygen atoms in total. The Hall–Kier alpha value is -1.09. The van der Waals surface area contributed by atoms with Gasteiger partial charge in [0.05, 0.1) is 12.7 Å². The van der Waals surface area contributed by atoms with Gasteiger partial charge in [-0.25, -0.2) is 9.13 Å². The van der Waals surface area contributed by atoms with Crippen molar-refractivity contribution >= 4 is 21.9 Å². The van der Waals surface area contributed by atoms with Crippen LogP contribution in [-0.4, -0.2) is 42.8 Å². The summed E-state index contributed by atoms with van der Waals surface area (Å²) in [7, 11) is -7.73. The number of para-hydroxylation sites is 1. The Morgan fingerprint density at radius 3 is 1.55 bits per heavy atom. The molecule has 0 aliphatic heterocycles. The third-order valence-electron chi connectivity index (χ3n) is 1.27. The molecule has 6 N–H and O–H groups in total. The van der Waals surface area contributed by atoms with Gasteiger partial charge in [-0.3, -0.25) is 4.79 Å². The smallest absolute Gasteiger partial charge is 0.466 e. The summed E-state index contributed by atoms with van der Waals surface area (Å²) in [5.74, 6) is 0.623. The standard InChI is InChI=1S/C8H8O2.2H3O4P/c1-10-8-5-3-2-4-7(8)6-9;2*1-5(2,3)4/h2-6H,1H3;2*(H3,1,2,3,4). The lowest BCUT2D eigenvalue weighted by Gasteiger charge is -1.99. The van der Waals surface area contributed by atoms with Crippen molar-refractivity contribution < 1.29 is 48.0 Å². The summed E-state index contributed by atoms with van der Waals surface area (Å²) in [4.78, 5) is 53.4. The third kappa shape index (κ3) is 22.1. The summed E-state index contributed by atoms with van der Waals surface area (Å²) >= 11 is 0. The zero-order valence-electron chi connectivity index (χ0n) is 10.1. The summed E-state index contributed by atoms with van der Waals surface area (Å²) in [6, 6.07) is 7.09. The van der Waals surface area contributed by atoms with Gasteiger partial charge in [-0.05, 0) is 12.1 Å². The molecule has 0 radical (unpaired) electrons. The van der Waals surface area contributed by atoms with Gasteiger partial charge in [0.25, 0.3) is 0 Å². The highest BCUT2D eigenvalue weighted by Crippen LogP contribution is 2.26. The monoisotopic (exact) mass is 332 g/mol. The molecular formula is C8H14O10P2. The molecule has 0 saturated carbocycles. The predicted molar refractivity (Wildman–Crippen MR) is 66.9 cm³/mol. The fraction of sp³-hybridized carbons (Fsp3) is 0.125. The summed E-state index contributed by atoms with van der Waals surface area (Å²) < 4.78 is 22.7. The minimum atomic E-state index is -4.64. The Balaban J connectivity index is 0. The number of carbonyl (C=O) groups is 1. The maximum absolute atomic E-state index is 10.3. The fourth-order valence-corrected chi connectivity index (χ4v) is 0.764. The van der Waals surface area contributed by atoms with Gasteiger partial charge in [-0.2, -0.15) is 0 Å². The van der Waals surface area contributed by atoms with Crippen LogP contribution in [0.3, 0.4) is 0 Å². The van der Waals surface area contributed by atoms with E-state index in [0.717, 1.165) is 6.29 Å². The van der Waals surface area contributed by atoms with Crippen LogP contribution in [0.25, 0.3) is 0 Å². The van der Waals surface area contributed by atoms with E-state index in [1.807, 2.05) is 6.07 Å². The molecule has 0 unspecified atom stereocenters. The molecule has 0 spiro atoms. The van der Waals surface area contributed by atoms with Crippen molar-refractivity contribution in [2.75, 3.05) is 7.11 Å². The number of hydrogen-bond donors (Lipinski definition) is 6. The molecule has 0 heterocycles. The zero-order chi connectivity index (χ0) is 16.4. The first-order valence-electron chi connectivity index (χ1n) is 4.53. The van der Waals surface area contributed by atoms with Gasteiger partial charge in [0.1, 0.15) is 5.75 Å². The average molecular weight is 332 g/mol. The first kappa shape index (κ1) is 21.2. The lowest BCUT2D eigenvalue weighted by Crippen LogP contribution is -1.88. The van der Waals surface area contributed by atoms with Gasteiger partial charge in [0.15, 0.2) is 6.29 Å². The fourth-order valence-electron chi connectivity index (χ4n) is 0.764. The molecule has 12 heteroatoms. The first-order chi connectivity index (χ1) is 8.88. The minimum absolute atomic E-state index is 0.588. The highest BCUT2D eigenvalue weighted by atomic mass is 31.2. The molecule has 0 aliphatic carbocycles. The lowest BCUT2D eigenvalue weighted by molar-refractivity contribution is 0.112. The van der Waals surface area contributed by atoms with Crippen molar-refractivity contribution in [3.63, 3.8) is 0 Å². The van der Waals surface area contributed by atoms with E-state index < -0.39 is 15.6 Å². The number of aldehydes is 1. The molecule has 1 rings (SSSR count). The Bertz CT molecular complexity index is 453. The number of phosphoric acid groups is 2. The van der Waals surface area contributed by atoms with Gasteiger partial charge >= 0.3 is 15.6 Å². The zero-order valence-corrected chi connectivity index (χ0v) is 11.9. The Morgan fingerprint density at radius 1 is 0.950 bits per heavy atom. The Kier molecular flexibility index (Phi) is 10.3. The highest BCUT2D eigenvalue weighted by Gasteiger charge is 2.00. The molecule has 20 heavy (non-hydrogen) atoms. The maximum atomic E-state index is 10.3. The van der Waals surface area contributed by atoms with Crippen LogP contribution in [0, 0.1) is 0 Å². The Labute approximate surface area is 113 Å². The molecule has 0 bridgehead atoms. The van der Waals surface area contributed by atoms with Gasteiger partial charge in [-0.15, -0.1) is 0 Å². The number of hydrogen-bond acceptors (Lipinski definition) is 4. The quantitative estimate of drug-likeness (QED) is 0.309. The van der Waals surface area contributed by atoms with E-state index in [2.05, 4.69) is 0 Å². The molecule has 0 saturated heterocycles. The number of benzene rings is 1. The molecule has 116 valence electrons. The molecule has 0 aliphatic rings. The van der Waals surface area contributed by atoms with Crippen LogP contribution < -0.4 is 4.74 Å². The second-order valence-corrected chi connectivity index (χ2v) is 4.94. The van der Waals surface area contributed by atoms with Crippen LogP contribution in [0.15, 0.2) is 24.3 Å². The van der Waals surface area contributed by atoms with E-state index in [-0.39, 0.29) is 0 Å². The van der Waals surface area contributed by atoms with E-state index in [0.29, 0.717) is 11.3 Å². The number of rotatable bonds is 2. The summed E-state index contributed by atoms with van der Waals surface area (Å²) in [5, 5.41) is 0. The largest absolute Gasteiger partial charge is 0.496 e. The molecule has 0 aromatic heterocycles. The van der Waals surface area contributed by atoms with E-state index in [1.165, 1.54) is 0 Å². The number of carbonyl (C=O) groups excluding carboxylic acids is 1. The molecule has 1 aromatic rings. The van der Waals surface area contributed by atoms with Crippen molar-refractivity contribution in [3.05, 3.63) is 29.8 Å². The second kappa shape index (κ2) is 9.76. The van der Waals surface area contributed by atoms with Crippen LogP contribution in [0.1, 0.15) is 10.4 Å². The van der Waals surface area contributed by atoms with Crippen LogP contribution in [-0.2, 0) is 9.13 Å². The molecule has 1 aromatic carbocycles. The SMILES string of the molecule is COc1ccccc1C=O.O=P(O)(O)O.O=P(O)(O)O. The van der Waals surface area contributed by atoms with Crippen molar-refractivity contribution in [1.82, 2.24) is 0 Å². The third-order valence-corrected chi connectivity index (χ3v) is 1.27. The van der Waals surface area contributed by atoms with Crippen molar-refractivity contribution in [2.45, 2.75) is 0 Å². The lowest BCUT2D eigenvalue weighted by atomic mass is 10.2. The topological polar surface area (TPSA) is 182 Å². The average Bonchev–Trinajstić information content (AvgIpc) is 2.24. The van der Waals surface area contributed by atoms with E-state index in [9.17, 15) is 4.79 Å². The maximum Gasteiger partial charge on any atom is 0.466 e. The Morgan fingerprint density at radius 2 is 1.30 bits per heavy atom.